The third-order valence-electron chi connectivity index (χ3n) is 2.08. The highest BCUT2D eigenvalue weighted by Crippen LogP contribution is 2.12. The van der Waals surface area contributed by atoms with Crippen LogP contribution in [0.2, 0.25) is 0 Å². The summed E-state index contributed by atoms with van der Waals surface area (Å²) in [6.45, 7) is 1.95. The van der Waals surface area contributed by atoms with Gasteiger partial charge in [-0.2, -0.15) is 0 Å². The second-order valence-corrected chi connectivity index (χ2v) is 3.08. The molecule has 14 heavy (non-hydrogen) atoms. The molecule has 0 aromatic carbocycles. The first-order chi connectivity index (χ1) is 6.79. The normalized spacial score (nSPS) is 10.1. The second-order valence-electron chi connectivity index (χ2n) is 3.08. The average molecular weight is 187 g/mol. The Morgan fingerprint density at radius 2 is 2.14 bits per heavy atom. The van der Waals surface area contributed by atoms with Gasteiger partial charge in [0.1, 0.15) is 18.1 Å². The lowest BCUT2D eigenvalue weighted by Crippen LogP contribution is -2.31. The van der Waals surface area contributed by atoms with E-state index in [0.717, 1.165) is 17.1 Å². The molecule has 0 fully saturated rings. The number of rotatable bonds is 1. The Bertz CT molecular complexity index is 410. The van der Waals surface area contributed by atoms with Crippen LogP contribution >= 0.6 is 0 Å². The number of aryl methyl sites for hydroxylation is 2. The lowest BCUT2D eigenvalue weighted by Gasteiger charge is -1.99. The van der Waals surface area contributed by atoms with Crippen LogP contribution in [0.5, 0.6) is 0 Å². The summed E-state index contributed by atoms with van der Waals surface area (Å²) in [5.41, 5.74) is 1.91. The summed E-state index contributed by atoms with van der Waals surface area (Å²) < 4.78 is 1.95. The first-order valence-electron chi connectivity index (χ1n) is 4.36. The summed E-state index contributed by atoms with van der Waals surface area (Å²) in [5, 5.41) is 0. The Kier molecular flexibility index (Phi) is 2.18. The quantitative estimate of drug-likeness (QED) is 0.616. The Hall–Kier alpha value is -1.84. The van der Waals surface area contributed by atoms with Crippen LogP contribution in [0.15, 0.2) is 31.0 Å². The Balaban J connectivity index is 2.61. The monoisotopic (exact) mass is 187 g/mol. The highest BCUT2D eigenvalue weighted by atomic mass is 15.0. The third-order valence-corrected chi connectivity index (χ3v) is 2.08. The predicted octanol–water partition coefficient (Wildman–Crippen LogP) is 0.672. The van der Waals surface area contributed by atoms with Gasteiger partial charge in [0.2, 0.25) is 0 Å². The topological polar surface area (TPSA) is 42.6 Å². The highest BCUT2D eigenvalue weighted by molar-refractivity contribution is 5.52. The number of hydrogen-bond acceptors (Lipinski definition) is 3. The largest absolute Gasteiger partial charge is 0.333 e. The van der Waals surface area contributed by atoms with E-state index in [1.165, 1.54) is 0 Å². The second kappa shape index (κ2) is 3.49. The minimum atomic E-state index is 0.880. The Morgan fingerprint density at radius 3 is 2.86 bits per heavy atom. The van der Waals surface area contributed by atoms with E-state index < -0.39 is 0 Å². The maximum Gasteiger partial charge on any atom is 0.333 e. The minimum Gasteiger partial charge on any atom is -0.244 e. The molecular weight excluding hydrogens is 176 g/mol. The van der Waals surface area contributed by atoms with Crippen LogP contribution in [0.3, 0.4) is 0 Å². The van der Waals surface area contributed by atoms with Crippen molar-refractivity contribution in [1.82, 2.24) is 15.0 Å². The van der Waals surface area contributed by atoms with Gasteiger partial charge in [0.25, 0.3) is 0 Å². The third kappa shape index (κ3) is 1.46. The zero-order chi connectivity index (χ0) is 9.97. The first-order valence-corrected chi connectivity index (χ1v) is 4.36. The molecule has 4 heteroatoms. The summed E-state index contributed by atoms with van der Waals surface area (Å²) in [7, 11) is 1.95. The fraction of sp³-hybridized carbons (Fsp3) is 0.200. The predicted molar refractivity (Wildman–Crippen MR) is 51.2 cm³/mol. The van der Waals surface area contributed by atoms with Crippen molar-refractivity contribution in [1.29, 1.82) is 0 Å². The molecular formula is C10H11N4+. The molecule has 0 bridgehead atoms. The number of hydrogen-bond donors (Lipinski definition) is 0. The zero-order valence-corrected chi connectivity index (χ0v) is 8.18. The molecule has 70 valence electrons. The van der Waals surface area contributed by atoms with Gasteiger partial charge >= 0.3 is 5.82 Å². The smallest absolute Gasteiger partial charge is 0.244 e. The van der Waals surface area contributed by atoms with E-state index in [1.807, 2.05) is 30.8 Å². The summed E-state index contributed by atoms with van der Waals surface area (Å²) >= 11 is 0. The van der Waals surface area contributed by atoms with Crippen LogP contribution in [-0.4, -0.2) is 15.0 Å². The van der Waals surface area contributed by atoms with Crippen molar-refractivity contribution < 1.29 is 4.57 Å². The summed E-state index contributed by atoms with van der Waals surface area (Å²) in [4.78, 5) is 12.4. The molecule has 0 saturated heterocycles. The SMILES string of the molecule is Cc1ncncc1-c1nccc[n+]1C. The van der Waals surface area contributed by atoms with Crippen LogP contribution < -0.4 is 4.57 Å². The molecule has 2 rings (SSSR count). The highest BCUT2D eigenvalue weighted by Gasteiger charge is 2.14. The van der Waals surface area contributed by atoms with Crippen molar-refractivity contribution in [3.63, 3.8) is 0 Å². The lowest BCUT2D eigenvalue weighted by atomic mass is 10.2. The Morgan fingerprint density at radius 1 is 1.29 bits per heavy atom. The molecule has 2 aromatic heterocycles. The molecule has 0 spiro atoms. The Labute approximate surface area is 82.3 Å². The van der Waals surface area contributed by atoms with E-state index in [1.54, 1.807) is 18.7 Å². The molecule has 0 amide bonds. The lowest BCUT2D eigenvalue weighted by molar-refractivity contribution is -0.663. The van der Waals surface area contributed by atoms with E-state index in [0.29, 0.717) is 0 Å². The molecule has 0 aliphatic carbocycles. The van der Waals surface area contributed by atoms with Gasteiger partial charge in [0, 0.05) is 12.3 Å². The van der Waals surface area contributed by atoms with Crippen molar-refractivity contribution in [2.45, 2.75) is 6.92 Å². The van der Waals surface area contributed by atoms with Crippen LogP contribution in [0.4, 0.5) is 0 Å². The molecule has 2 heterocycles. The van der Waals surface area contributed by atoms with E-state index in [2.05, 4.69) is 15.0 Å². The summed E-state index contributed by atoms with van der Waals surface area (Å²) in [6.07, 6.45) is 7.04. The van der Waals surface area contributed by atoms with Gasteiger partial charge in [-0.05, 0) is 11.9 Å². The molecule has 0 aliphatic heterocycles. The van der Waals surface area contributed by atoms with Gasteiger partial charge < -0.3 is 0 Å². The first kappa shape index (κ1) is 8.74. The number of nitrogens with zero attached hydrogens (tertiary/aromatic N) is 4. The van der Waals surface area contributed by atoms with Crippen molar-refractivity contribution in [2.24, 2.45) is 7.05 Å². The van der Waals surface area contributed by atoms with Crippen molar-refractivity contribution in [3.8, 4) is 11.4 Å². The molecule has 0 atom stereocenters. The van der Waals surface area contributed by atoms with Crippen LogP contribution in [0.25, 0.3) is 11.4 Å². The van der Waals surface area contributed by atoms with Gasteiger partial charge in [0.05, 0.1) is 18.9 Å². The van der Waals surface area contributed by atoms with Gasteiger partial charge in [-0.3, -0.25) is 0 Å². The van der Waals surface area contributed by atoms with Crippen molar-refractivity contribution in [2.75, 3.05) is 0 Å². The molecule has 0 unspecified atom stereocenters. The standard InChI is InChI=1S/C10H11N4/c1-8-9(6-11-7-13-8)10-12-4-3-5-14(10)2/h3-7H,1-2H3/q+1. The zero-order valence-electron chi connectivity index (χ0n) is 8.18. The van der Waals surface area contributed by atoms with Gasteiger partial charge in [-0.1, -0.05) is 0 Å². The number of aromatic nitrogens is 4. The van der Waals surface area contributed by atoms with Crippen LogP contribution in [-0.2, 0) is 7.05 Å². The van der Waals surface area contributed by atoms with E-state index in [9.17, 15) is 0 Å². The maximum absolute atomic E-state index is 4.29. The van der Waals surface area contributed by atoms with Gasteiger partial charge in [-0.15, -0.1) is 0 Å². The fourth-order valence-electron chi connectivity index (χ4n) is 1.31. The molecule has 4 nitrogen and oxygen atoms in total. The van der Waals surface area contributed by atoms with Crippen molar-refractivity contribution >= 4 is 0 Å². The molecule has 0 aliphatic rings. The summed E-state index contributed by atoms with van der Waals surface area (Å²) in [5.74, 6) is 0.880. The van der Waals surface area contributed by atoms with Gasteiger partial charge in [0.15, 0.2) is 0 Å². The maximum atomic E-state index is 4.29. The average Bonchev–Trinajstić information content (AvgIpc) is 2.20. The van der Waals surface area contributed by atoms with Crippen LogP contribution in [0.1, 0.15) is 5.69 Å². The van der Waals surface area contributed by atoms with E-state index in [-0.39, 0.29) is 0 Å². The molecule has 0 radical (unpaired) electrons. The van der Waals surface area contributed by atoms with Gasteiger partial charge in [-0.25, -0.2) is 14.5 Å². The van der Waals surface area contributed by atoms with E-state index >= 15 is 0 Å². The van der Waals surface area contributed by atoms with Crippen molar-refractivity contribution in [3.05, 3.63) is 36.7 Å². The molecule has 0 N–H and O–H groups in total. The van der Waals surface area contributed by atoms with E-state index in [4.69, 9.17) is 0 Å². The summed E-state index contributed by atoms with van der Waals surface area (Å²) in [6, 6.07) is 1.89. The fourth-order valence-corrected chi connectivity index (χ4v) is 1.31. The minimum absolute atomic E-state index is 0.880. The van der Waals surface area contributed by atoms with Crippen LogP contribution in [0, 0.1) is 6.92 Å². The molecule has 0 saturated carbocycles. The molecule has 2 aromatic rings.